The molecule has 182 valence electrons. The van der Waals surface area contributed by atoms with Crippen LogP contribution in [0.4, 0.5) is 0 Å². The number of aliphatic hydroxyl groups is 1. The number of hydrogen-bond donors (Lipinski definition) is 1. The first-order chi connectivity index (χ1) is 18.4. The van der Waals surface area contributed by atoms with Crippen LogP contribution in [0.15, 0.2) is 115 Å². The van der Waals surface area contributed by atoms with Crippen molar-refractivity contribution >= 4 is 21.8 Å². The number of aromatic nitrogens is 1. The summed E-state index contributed by atoms with van der Waals surface area (Å²) in [4.78, 5) is 0. The van der Waals surface area contributed by atoms with Crippen LogP contribution in [0.3, 0.4) is 0 Å². The van der Waals surface area contributed by atoms with Gasteiger partial charge in [0, 0.05) is 33.0 Å². The highest BCUT2D eigenvalue weighted by Crippen LogP contribution is 2.49. The maximum absolute atomic E-state index is 11.9. The fourth-order valence-electron chi connectivity index (χ4n) is 6.32. The van der Waals surface area contributed by atoms with Crippen molar-refractivity contribution in [3.8, 4) is 29.2 Å². The molecule has 1 N–H and O–H groups in total. The predicted octanol–water partition coefficient (Wildman–Crippen LogP) is 7.96. The minimum atomic E-state index is -1.54. The molecule has 1 aromatic heterocycles. The average molecular weight is 490 g/mol. The van der Waals surface area contributed by atoms with Crippen molar-refractivity contribution in [1.29, 1.82) is 0 Å². The van der Waals surface area contributed by atoms with E-state index in [9.17, 15) is 5.11 Å². The maximum atomic E-state index is 11.9. The van der Waals surface area contributed by atoms with Gasteiger partial charge in [-0.1, -0.05) is 111 Å². The second-order valence-electron chi connectivity index (χ2n) is 10.7. The van der Waals surface area contributed by atoms with E-state index in [2.05, 4.69) is 109 Å². The number of fused-ring (bicyclic) bond motifs is 6. The van der Waals surface area contributed by atoms with E-state index in [1.165, 1.54) is 33.0 Å². The molecule has 7 rings (SSSR count). The Morgan fingerprint density at radius 3 is 1.87 bits per heavy atom. The molecule has 0 aliphatic heterocycles. The summed E-state index contributed by atoms with van der Waals surface area (Å²) in [5, 5.41) is 14.3. The Morgan fingerprint density at radius 1 is 0.658 bits per heavy atom. The molecule has 0 amide bonds. The molecule has 1 aliphatic rings. The van der Waals surface area contributed by atoms with Gasteiger partial charge in [0.05, 0.1) is 11.0 Å². The van der Waals surface area contributed by atoms with E-state index in [0.29, 0.717) is 11.1 Å². The molecule has 5 aromatic carbocycles. The van der Waals surface area contributed by atoms with Gasteiger partial charge in [-0.2, -0.15) is 0 Å². The molecule has 2 nitrogen and oxygen atoms in total. The zero-order valence-electron chi connectivity index (χ0n) is 21.4. The van der Waals surface area contributed by atoms with Gasteiger partial charge < -0.3 is 9.67 Å². The summed E-state index contributed by atoms with van der Waals surface area (Å²) in [5.41, 5.74) is 7.94. The molecule has 0 spiro atoms. The lowest BCUT2D eigenvalue weighted by atomic mass is 9.79. The van der Waals surface area contributed by atoms with E-state index in [1.54, 1.807) is 0 Å². The van der Waals surface area contributed by atoms with Crippen molar-refractivity contribution in [3.05, 3.63) is 138 Å². The van der Waals surface area contributed by atoms with Crippen LogP contribution in [0, 0.1) is 12.3 Å². The van der Waals surface area contributed by atoms with Gasteiger partial charge in [-0.25, -0.2) is 0 Å². The summed E-state index contributed by atoms with van der Waals surface area (Å²) >= 11 is 0. The van der Waals surface area contributed by atoms with Crippen LogP contribution in [0.25, 0.3) is 38.6 Å². The highest BCUT2D eigenvalue weighted by Gasteiger charge is 2.38. The van der Waals surface area contributed by atoms with Crippen LogP contribution in [0.2, 0.25) is 0 Å². The lowest BCUT2D eigenvalue weighted by Crippen LogP contribution is -2.26. The first-order valence-electron chi connectivity index (χ1n) is 13.0. The van der Waals surface area contributed by atoms with Gasteiger partial charge in [-0.3, -0.25) is 0 Å². The summed E-state index contributed by atoms with van der Waals surface area (Å²) < 4.78 is 2.26. The number of terminal acetylenes is 1. The van der Waals surface area contributed by atoms with Crippen LogP contribution >= 0.6 is 0 Å². The van der Waals surface area contributed by atoms with Crippen LogP contribution in [-0.4, -0.2) is 9.67 Å². The highest BCUT2D eigenvalue weighted by molar-refractivity contribution is 6.09. The third-order valence-corrected chi connectivity index (χ3v) is 8.33. The molecule has 0 saturated heterocycles. The molecule has 2 heteroatoms. The Hall–Kier alpha value is -4.58. The number of benzene rings is 5. The van der Waals surface area contributed by atoms with Gasteiger partial charge in [0.25, 0.3) is 0 Å². The molecule has 0 radical (unpaired) electrons. The van der Waals surface area contributed by atoms with E-state index in [4.69, 9.17) is 6.42 Å². The summed E-state index contributed by atoms with van der Waals surface area (Å²) in [6.45, 7) is 4.47. The Bertz CT molecular complexity index is 1860. The monoisotopic (exact) mass is 489 g/mol. The SMILES string of the molecule is C#CC(O)(c1ccc(-n2c3ccccc3c3ccccc32)cc1)c1ccc2c(c1)C(C)(C)c1ccccc1-2. The minimum absolute atomic E-state index is 0.169. The second-order valence-corrected chi connectivity index (χ2v) is 10.7. The third-order valence-electron chi connectivity index (χ3n) is 8.33. The Morgan fingerprint density at radius 2 is 1.21 bits per heavy atom. The van der Waals surface area contributed by atoms with Crippen molar-refractivity contribution in [1.82, 2.24) is 4.57 Å². The first-order valence-corrected chi connectivity index (χ1v) is 13.0. The standard InChI is InChI=1S/C36H27NO/c1-4-36(38,25-19-22-28-27-11-5-8-14-31(27)35(2,3)32(28)23-25)24-17-20-26(21-18-24)37-33-15-9-6-12-29(33)30-13-7-10-16-34(30)37/h1,5-23,38H,2-3H3. The zero-order valence-corrected chi connectivity index (χ0v) is 21.4. The van der Waals surface area contributed by atoms with E-state index in [1.807, 2.05) is 30.3 Å². The lowest BCUT2D eigenvalue weighted by molar-refractivity contribution is 0.145. The number of nitrogens with zero attached hydrogens (tertiary/aromatic N) is 1. The molecule has 1 heterocycles. The fraction of sp³-hybridized carbons (Fsp3) is 0.111. The largest absolute Gasteiger partial charge is 0.369 e. The molecule has 0 fully saturated rings. The minimum Gasteiger partial charge on any atom is -0.369 e. The zero-order chi connectivity index (χ0) is 26.1. The molecule has 1 atom stereocenters. The normalized spacial score (nSPS) is 15.1. The van der Waals surface area contributed by atoms with Gasteiger partial charge in [0.15, 0.2) is 5.60 Å². The maximum Gasteiger partial charge on any atom is 0.176 e. The van der Waals surface area contributed by atoms with Crippen LogP contribution < -0.4 is 0 Å². The Kier molecular flexibility index (Phi) is 4.73. The molecule has 6 aromatic rings. The molecule has 0 bridgehead atoms. The summed E-state index contributed by atoms with van der Waals surface area (Å²) in [5.74, 6) is 2.71. The number of para-hydroxylation sites is 2. The summed E-state index contributed by atoms with van der Waals surface area (Å²) in [6, 6.07) is 39.6. The van der Waals surface area contributed by atoms with Crippen molar-refractivity contribution in [2.75, 3.05) is 0 Å². The van der Waals surface area contributed by atoms with Gasteiger partial charge >= 0.3 is 0 Å². The number of rotatable bonds is 3. The topological polar surface area (TPSA) is 25.2 Å². The summed E-state index contributed by atoms with van der Waals surface area (Å²) in [7, 11) is 0. The van der Waals surface area contributed by atoms with Crippen LogP contribution in [0.1, 0.15) is 36.1 Å². The highest BCUT2D eigenvalue weighted by atomic mass is 16.3. The van der Waals surface area contributed by atoms with Crippen LogP contribution in [0.5, 0.6) is 0 Å². The Labute approximate surface area is 222 Å². The molecule has 1 unspecified atom stereocenters. The second kappa shape index (κ2) is 7.96. The van der Waals surface area contributed by atoms with Crippen molar-refractivity contribution < 1.29 is 5.11 Å². The van der Waals surface area contributed by atoms with Gasteiger partial charge in [0.2, 0.25) is 0 Å². The van der Waals surface area contributed by atoms with Crippen molar-refractivity contribution in [3.63, 3.8) is 0 Å². The molecule has 38 heavy (non-hydrogen) atoms. The lowest BCUT2D eigenvalue weighted by Gasteiger charge is -2.27. The first kappa shape index (κ1) is 22.6. The summed E-state index contributed by atoms with van der Waals surface area (Å²) in [6.07, 6.45) is 6.04. The average Bonchev–Trinajstić information content (AvgIpc) is 3.42. The van der Waals surface area contributed by atoms with Crippen molar-refractivity contribution in [2.45, 2.75) is 24.9 Å². The third kappa shape index (κ3) is 3.00. The molecular weight excluding hydrogens is 462 g/mol. The van der Waals surface area contributed by atoms with Crippen LogP contribution in [-0.2, 0) is 11.0 Å². The smallest absolute Gasteiger partial charge is 0.176 e. The quantitative estimate of drug-likeness (QED) is 0.251. The molecule has 1 aliphatic carbocycles. The van der Waals surface area contributed by atoms with Crippen molar-refractivity contribution in [2.24, 2.45) is 0 Å². The van der Waals surface area contributed by atoms with E-state index in [-0.39, 0.29) is 5.41 Å². The van der Waals surface area contributed by atoms with Gasteiger partial charge in [-0.05, 0) is 46.5 Å². The number of hydrogen-bond acceptors (Lipinski definition) is 1. The molecule has 0 saturated carbocycles. The molecular formula is C36H27NO. The van der Waals surface area contributed by atoms with E-state index >= 15 is 0 Å². The van der Waals surface area contributed by atoms with Gasteiger partial charge in [0.1, 0.15) is 0 Å². The van der Waals surface area contributed by atoms with E-state index < -0.39 is 5.60 Å². The fourth-order valence-corrected chi connectivity index (χ4v) is 6.32. The van der Waals surface area contributed by atoms with Gasteiger partial charge in [-0.15, -0.1) is 6.42 Å². The Balaban J connectivity index is 1.33. The predicted molar refractivity (Wildman–Crippen MR) is 157 cm³/mol. The van der Waals surface area contributed by atoms with E-state index in [0.717, 1.165) is 16.7 Å².